The van der Waals surface area contributed by atoms with Gasteiger partial charge in [0.05, 0.1) is 11.9 Å². The standard InChI is InChI=1S/C24H21BrN4O2S/c1-3-31-21-12-10-20(11-13-21)29-23(18-5-4-14-26-15-18)27-28-24(29)32-16(2)22(30)17-6-8-19(25)9-7-17/h4-16H,3H2,1-2H3/t16-/m1/s1. The van der Waals surface area contributed by atoms with Gasteiger partial charge in [-0.1, -0.05) is 39.8 Å². The third-order valence-corrected chi connectivity index (χ3v) is 6.31. The number of ether oxygens (including phenoxy) is 1. The third kappa shape index (κ3) is 4.92. The SMILES string of the molecule is CCOc1ccc(-n2c(S[C@H](C)C(=O)c3ccc(Br)cc3)nnc2-c2cccnc2)cc1. The summed E-state index contributed by atoms with van der Waals surface area (Å²) in [7, 11) is 0. The molecular formula is C24H21BrN4O2S. The van der Waals surface area contributed by atoms with Gasteiger partial charge in [-0.2, -0.15) is 0 Å². The number of halogens is 1. The first-order chi connectivity index (χ1) is 15.6. The number of nitrogens with zero attached hydrogens (tertiary/aromatic N) is 4. The van der Waals surface area contributed by atoms with E-state index in [1.54, 1.807) is 12.4 Å². The summed E-state index contributed by atoms with van der Waals surface area (Å²) in [6.07, 6.45) is 3.47. The van der Waals surface area contributed by atoms with Gasteiger partial charge in [0, 0.05) is 33.7 Å². The zero-order valence-corrected chi connectivity index (χ0v) is 20.0. The highest BCUT2D eigenvalue weighted by molar-refractivity contribution is 9.10. The van der Waals surface area contributed by atoms with Crippen molar-refractivity contribution in [1.82, 2.24) is 19.7 Å². The normalized spacial score (nSPS) is 11.8. The Labute approximate surface area is 199 Å². The summed E-state index contributed by atoms with van der Waals surface area (Å²) < 4.78 is 8.46. The van der Waals surface area contributed by atoms with Gasteiger partial charge >= 0.3 is 0 Å². The van der Waals surface area contributed by atoms with E-state index in [9.17, 15) is 4.79 Å². The van der Waals surface area contributed by atoms with E-state index >= 15 is 0 Å². The molecule has 0 saturated carbocycles. The summed E-state index contributed by atoms with van der Waals surface area (Å²) in [6.45, 7) is 4.44. The summed E-state index contributed by atoms with van der Waals surface area (Å²) in [6, 6.07) is 18.9. The molecule has 8 heteroatoms. The van der Waals surface area contributed by atoms with Crippen LogP contribution >= 0.6 is 27.7 Å². The smallest absolute Gasteiger partial charge is 0.196 e. The Balaban J connectivity index is 1.69. The Morgan fingerprint density at radius 1 is 1.09 bits per heavy atom. The summed E-state index contributed by atoms with van der Waals surface area (Å²) in [5, 5.41) is 9.12. The summed E-state index contributed by atoms with van der Waals surface area (Å²) >= 11 is 4.79. The van der Waals surface area contributed by atoms with Crippen molar-refractivity contribution in [2.24, 2.45) is 0 Å². The molecule has 0 radical (unpaired) electrons. The van der Waals surface area contributed by atoms with E-state index in [-0.39, 0.29) is 11.0 Å². The molecule has 32 heavy (non-hydrogen) atoms. The van der Waals surface area contributed by atoms with Crippen LogP contribution in [0.3, 0.4) is 0 Å². The average molecular weight is 509 g/mol. The fraction of sp³-hybridized carbons (Fsp3) is 0.167. The molecule has 0 N–H and O–H groups in total. The molecule has 2 aromatic carbocycles. The van der Waals surface area contributed by atoms with E-state index in [4.69, 9.17) is 4.74 Å². The average Bonchev–Trinajstić information content (AvgIpc) is 3.24. The van der Waals surface area contributed by atoms with Gasteiger partial charge in [-0.25, -0.2) is 0 Å². The quantitative estimate of drug-likeness (QED) is 0.219. The molecule has 0 fully saturated rings. The molecule has 0 unspecified atom stereocenters. The van der Waals surface area contributed by atoms with Crippen LogP contribution in [-0.2, 0) is 0 Å². The lowest BCUT2D eigenvalue weighted by molar-refractivity contribution is 0.0994. The molecule has 162 valence electrons. The van der Waals surface area contributed by atoms with Crippen molar-refractivity contribution in [3.05, 3.63) is 83.1 Å². The Morgan fingerprint density at radius 3 is 2.50 bits per heavy atom. The predicted molar refractivity (Wildman–Crippen MR) is 130 cm³/mol. The highest BCUT2D eigenvalue weighted by Gasteiger charge is 2.23. The number of hydrogen-bond donors (Lipinski definition) is 0. The maximum atomic E-state index is 13.0. The fourth-order valence-corrected chi connectivity index (χ4v) is 4.39. The number of carbonyl (C=O) groups is 1. The molecule has 0 spiro atoms. The summed E-state index contributed by atoms with van der Waals surface area (Å²) in [4.78, 5) is 17.2. The molecule has 0 aliphatic carbocycles. The number of pyridine rings is 1. The minimum atomic E-state index is -0.344. The van der Waals surface area contributed by atoms with Crippen LogP contribution in [0.2, 0.25) is 0 Å². The van der Waals surface area contributed by atoms with Crippen molar-refractivity contribution in [2.75, 3.05) is 6.61 Å². The number of ketones is 1. The van der Waals surface area contributed by atoms with Gasteiger partial charge in [-0.3, -0.25) is 14.3 Å². The molecule has 1 atom stereocenters. The maximum absolute atomic E-state index is 13.0. The van der Waals surface area contributed by atoms with Crippen LogP contribution in [0, 0.1) is 0 Å². The molecule has 0 aliphatic heterocycles. The van der Waals surface area contributed by atoms with Crippen molar-refractivity contribution in [3.8, 4) is 22.8 Å². The topological polar surface area (TPSA) is 69.9 Å². The molecular weight excluding hydrogens is 488 g/mol. The first-order valence-electron chi connectivity index (χ1n) is 10.1. The number of thioether (sulfide) groups is 1. The summed E-state index contributed by atoms with van der Waals surface area (Å²) in [5.41, 5.74) is 2.38. The number of benzene rings is 2. The molecule has 0 bridgehead atoms. The number of carbonyl (C=O) groups excluding carboxylic acids is 1. The predicted octanol–water partition coefficient (Wildman–Crippen LogP) is 5.85. The molecule has 0 amide bonds. The van der Waals surface area contributed by atoms with Crippen molar-refractivity contribution in [2.45, 2.75) is 24.3 Å². The first-order valence-corrected chi connectivity index (χ1v) is 11.8. The van der Waals surface area contributed by atoms with Gasteiger partial charge in [-0.15, -0.1) is 10.2 Å². The van der Waals surface area contributed by atoms with E-state index in [1.807, 2.05) is 79.1 Å². The minimum absolute atomic E-state index is 0.0340. The van der Waals surface area contributed by atoms with Crippen LogP contribution < -0.4 is 4.74 Å². The molecule has 6 nitrogen and oxygen atoms in total. The number of aromatic nitrogens is 4. The lowest BCUT2D eigenvalue weighted by atomic mass is 10.1. The second-order valence-corrected chi connectivity index (χ2v) is 9.17. The Kier molecular flexibility index (Phi) is 7.02. The van der Waals surface area contributed by atoms with Crippen LogP contribution in [0.4, 0.5) is 0 Å². The zero-order chi connectivity index (χ0) is 22.5. The second-order valence-electron chi connectivity index (χ2n) is 6.94. The third-order valence-electron chi connectivity index (χ3n) is 4.74. The van der Waals surface area contributed by atoms with Gasteiger partial charge in [0.15, 0.2) is 16.8 Å². The Hall–Kier alpha value is -2.97. The Morgan fingerprint density at radius 2 is 1.84 bits per heavy atom. The molecule has 2 heterocycles. The minimum Gasteiger partial charge on any atom is -0.494 e. The van der Waals surface area contributed by atoms with Crippen LogP contribution in [0.25, 0.3) is 17.1 Å². The van der Waals surface area contributed by atoms with Gasteiger partial charge in [-0.05, 0) is 62.4 Å². The lowest BCUT2D eigenvalue weighted by Gasteiger charge is -2.14. The van der Waals surface area contributed by atoms with E-state index in [1.165, 1.54) is 11.8 Å². The fourth-order valence-electron chi connectivity index (χ4n) is 3.18. The highest BCUT2D eigenvalue weighted by atomic mass is 79.9. The van der Waals surface area contributed by atoms with E-state index < -0.39 is 0 Å². The monoisotopic (exact) mass is 508 g/mol. The van der Waals surface area contributed by atoms with Crippen molar-refractivity contribution < 1.29 is 9.53 Å². The molecule has 4 rings (SSSR count). The van der Waals surface area contributed by atoms with Gasteiger partial charge < -0.3 is 4.74 Å². The van der Waals surface area contributed by atoms with Gasteiger partial charge in [0.25, 0.3) is 0 Å². The second kappa shape index (κ2) is 10.1. The van der Waals surface area contributed by atoms with Crippen LogP contribution in [-0.4, -0.2) is 37.4 Å². The van der Waals surface area contributed by atoms with Crippen molar-refractivity contribution in [1.29, 1.82) is 0 Å². The van der Waals surface area contributed by atoms with E-state index in [0.29, 0.717) is 23.2 Å². The van der Waals surface area contributed by atoms with Gasteiger partial charge in [0.1, 0.15) is 5.75 Å². The number of Topliss-reactive ketones (excluding diaryl/α,β-unsaturated/α-hetero) is 1. The first kappa shape index (κ1) is 22.2. The van der Waals surface area contributed by atoms with Crippen molar-refractivity contribution >= 4 is 33.5 Å². The number of rotatable bonds is 8. The largest absolute Gasteiger partial charge is 0.494 e. The van der Waals surface area contributed by atoms with E-state index in [0.717, 1.165) is 21.5 Å². The van der Waals surface area contributed by atoms with E-state index in [2.05, 4.69) is 31.1 Å². The molecule has 0 saturated heterocycles. The lowest BCUT2D eigenvalue weighted by Crippen LogP contribution is -2.14. The van der Waals surface area contributed by atoms with Crippen LogP contribution in [0.15, 0.2) is 82.7 Å². The van der Waals surface area contributed by atoms with Gasteiger partial charge in [0.2, 0.25) is 0 Å². The van der Waals surface area contributed by atoms with Crippen LogP contribution in [0.1, 0.15) is 24.2 Å². The van der Waals surface area contributed by atoms with Crippen LogP contribution in [0.5, 0.6) is 5.75 Å². The molecule has 4 aromatic rings. The molecule has 2 aromatic heterocycles. The van der Waals surface area contributed by atoms with Crippen molar-refractivity contribution in [3.63, 3.8) is 0 Å². The number of hydrogen-bond acceptors (Lipinski definition) is 6. The highest BCUT2D eigenvalue weighted by Crippen LogP contribution is 2.31. The zero-order valence-electron chi connectivity index (χ0n) is 17.6. The molecule has 0 aliphatic rings. The Bertz CT molecular complexity index is 1200. The maximum Gasteiger partial charge on any atom is 0.196 e. The summed E-state index contributed by atoms with van der Waals surface area (Å²) in [5.74, 6) is 1.49.